The van der Waals surface area contributed by atoms with Gasteiger partial charge < -0.3 is 10.6 Å². The second-order valence-electron chi connectivity index (χ2n) is 5.24. The number of carbonyl (C=O) groups is 3. The molecule has 0 saturated carbocycles. The van der Waals surface area contributed by atoms with Crippen molar-refractivity contribution in [2.24, 2.45) is 0 Å². The number of ketones is 1. The molecule has 0 aliphatic carbocycles. The Bertz CT molecular complexity index is 486. The first kappa shape index (κ1) is 17.9. The summed E-state index contributed by atoms with van der Waals surface area (Å²) in [5.74, 6) is -0.929. The van der Waals surface area contributed by atoms with E-state index in [9.17, 15) is 14.4 Å². The molecule has 1 rings (SSSR count). The number of Topliss-reactive ketones (excluding diaryl/α,β-unsaturated/α-hetero) is 1. The molecule has 0 fully saturated rings. The highest BCUT2D eigenvalue weighted by atomic mass is 16.2. The largest absolute Gasteiger partial charge is 0.350 e. The fraction of sp³-hybridized carbons (Fsp3) is 0.471. The topological polar surface area (TPSA) is 75.3 Å². The van der Waals surface area contributed by atoms with Crippen molar-refractivity contribution in [1.82, 2.24) is 5.32 Å². The van der Waals surface area contributed by atoms with Crippen molar-refractivity contribution in [3.05, 3.63) is 30.3 Å². The highest BCUT2D eigenvalue weighted by Crippen LogP contribution is 2.09. The number of carbonyl (C=O) groups excluding carboxylic acids is 3. The average Bonchev–Trinajstić information content (AvgIpc) is 2.50. The first-order valence-corrected chi connectivity index (χ1v) is 7.73. The van der Waals surface area contributed by atoms with E-state index in [1.807, 2.05) is 30.3 Å². The van der Waals surface area contributed by atoms with Crippen LogP contribution in [-0.2, 0) is 14.4 Å². The van der Waals surface area contributed by atoms with Crippen LogP contribution in [0.5, 0.6) is 0 Å². The second kappa shape index (κ2) is 10.5. The molecular formula is C17H24N2O3. The van der Waals surface area contributed by atoms with E-state index in [-0.39, 0.29) is 5.91 Å². The fourth-order valence-electron chi connectivity index (χ4n) is 2.01. The van der Waals surface area contributed by atoms with Crippen molar-refractivity contribution >= 4 is 23.3 Å². The SMILES string of the molecule is CC(=O)C(=O)NCCCCCCCC(=O)Nc1ccccc1. The van der Waals surface area contributed by atoms with Gasteiger partial charge in [-0.2, -0.15) is 0 Å². The van der Waals surface area contributed by atoms with Gasteiger partial charge in [0.2, 0.25) is 11.7 Å². The normalized spacial score (nSPS) is 10.0. The third-order valence-electron chi connectivity index (χ3n) is 3.24. The van der Waals surface area contributed by atoms with Crippen LogP contribution in [0.2, 0.25) is 0 Å². The molecule has 0 saturated heterocycles. The van der Waals surface area contributed by atoms with Crippen LogP contribution >= 0.6 is 0 Å². The molecule has 5 heteroatoms. The second-order valence-corrected chi connectivity index (χ2v) is 5.24. The molecule has 2 N–H and O–H groups in total. The van der Waals surface area contributed by atoms with Crippen LogP contribution in [0.4, 0.5) is 5.69 Å². The van der Waals surface area contributed by atoms with Crippen molar-refractivity contribution in [1.29, 1.82) is 0 Å². The van der Waals surface area contributed by atoms with Gasteiger partial charge in [0.25, 0.3) is 5.91 Å². The summed E-state index contributed by atoms with van der Waals surface area (Å²) >= 11 is 0. The molecule has 2 amide bonds. The van der Waals surface area contributed by atoms with E-state index in [0.717, 1.165) is 37.8 Å². The maximum Gasteiger partial charge on any atom is 0.287 e. The van der Waals surface area contributed by atoms with Crippen molar-refractivity contribution in [2.75, 3.05) is 11.9 Å². The fourth-order valence-corrected chi connectivity index (χ4v) is 2.01. The Kier molecular flexibility index (Phi) is 8.57. The third-order valence-corrected chi connectivity index (χ3v) is 3.24. The summed E-state index contributed by atoms with van der Waals surface area (Å²) in [5, 5.41) is 5.42. The van der Waals surface area contributed by atoms with E-state index in [1.165, 1.54) is 6.92 Å². The van der Waals surface area contributed by atoms with Crippen LogP contribution in [0, 0.1) is 0 Å². The monoisotopic (exact) mass is 304 g/mol. The predicted octanol–water partition coefficient (Wildman–Crippen LogP) is 2.67. The minimum atomic E-state index is -0.516. The van der Waals surface area contributed by atoms with Gasteiger partial charge in [-0.3, -0.25) is 14.4 Å². The summed E-state index contributed by atoms with van der Waals surface area (Å²) in [6, 6.07) is 9.43. The Morgan fingerprint density at radius 3 is 2.23 bits per heavy atom. The number of nitrogens with one attached hydrogen (secondary N) is 2. The average molecular weight is 304 g/mol. The molecule has 22 heavy (non-hydrogen) atoms. The number of unbranched alkanes of at least 4 members (excludes halogenated alkanes) is 4. The minimum Gasteiger partial charge on any atom is -0.350 e. The lowest BCUT2D eigenvalue weighted by Crippen LogP contribution is -2.29. The summed E-state index contributed by atoms with van der Waals surface area (Å²) in [6.45, 7) is 1.79. The van der Waals surface area contributed by atoms with Crippen LogP contribution in [0.3, 0.4) is 0 Å². The molecule has 0 heterocycles. The Balaban J connectivity index is 1.96. The highest BCUT2D eigenvalue weighted by Gasteiger charge is 2.05. The Labute approximate surface area is 131 Å². The summed E-state index contributed by atoms with van der Waals surface area (Å²) in [7, 11) is 0. The quantitative estimate of drug-likeness (QED) is 0.515. The standard InChI is InChI=1S/C17H24N2O3/c1-14(20)17(22)18-13-9-4-2-3-8-12-16(21)19-15-10-6-5-7-11-15/h5-7,10-11H,2-4,8-9,12-13H2,1H3,(H,18,22)(H,19,21). The molecule has 0 atom stereocenters. The van der Waals surface area contributed by atoms with Crippen molar-refractivity contribution < 1.29 is 14.4 Å². The number of rotatable bonds is 10. The summed E-state index contributed by atoms with van der Waals surface area (Å²) < 4.78 is 0. The van der Waals surface area contributed by atoms with Gasteiger partial charge in [0, 0.05) is 25.6 Å². The highest BCUT2D eigenvalue weighted by molar-refractivity contribution is 6.35. The number of para-hydroxylation sites is 1. The van der Waals surface area contributed by atoms with Crippen molar-refractivity contribution in [3.63, 3.8) is 0 Å². The predicted molar refractivity (Wildman–Crippen MR) is 86.5 cm³/mol. The van der Waals surface area contributed by atoms with Gasteiger partial charge in [0.15, 0.2) is 0 Å². The number of hydrogen-bond donors (Lipinski definition) is 2. The Morgan fingerprint density at radius 2 is 1.55 bits per heavy atom. The van der Waals surface area contributed by atoms with Crippen molar-refractivity contribution in [2.45, 2.75) is 45.4 Å². The summed E-state index contributed by atoms with van der Waals surface area (Å²) in [5.41, 5.74) is 0.828. The Hall–Kier alpha value is -2.17. The molecule has 0 aliphatic rings. The lowest BCUT2D eigenvalue weighted by Gasteiger charge is -2.05. The molecular weight excluding hydrogens is 280 g/mol. The van der Waals surface area contributed by atoms with E-state index in [4.69, 9.17) is 0 Å². The van der Waals surface area contributed by atoms with E-state index in [0.29, 0.717) is 13.0 Å². The van der Waals surface area contributed by atoms with Gasteiger partial charge in [-0.15, -0.1) is 0 Å². The maximum atomic E-state index is 11.7. The van der Waals surface area contributed by atoms with Crippen LogP contribution in [0.1, 0.15) is 45.4 Å². The van der Waals surface area contributed by atoms with Gasteiger partial charge in [-0.1, -0.05) is 37.5 Å². The molecule has 0 bridgehead atoms. The molecule has 5 nitrogen and oxygen atoms in total. The molecule has 0 radical (unpaired) electrons. The molecule has 1 aromatic carbocycles. The van der Waals surface area contributed by atoms with E-state index >= 15 is 0 Å². The number of amides is 2. The van der Waals surface area contributed by atoms with Gasteiger partial charge in [0.1, 0.15) is 0 Å². The maximum absolute atomic E-state index is 11.7. The first-order valence-electron chi connectivity index (χ1n) is 7.73. The molecule has 0 unspecified atom stereocenters. The Morgan fingerprint density at radius 1 is 0.909 bits per heavy atom. The zero-order valence-corrected chi connectivity index (χ0v) is 13.1. The molecule has 0 aromatic heterocycles. The number of anilines is 1. The summed E-state index contributed by atoms with van der Waals surface area (Å²) in [4.78, 5) is 33.4. The van der Waals surface area contributed by atoms with E-state index in [1.54, 1.807) is 0 Å². The minimum absolute atomic E-state index is 0.0416. The van der Waals surface area contributed by atoms with Gasteiger partial charge >= 0.3 is 0 Å². The lowest BCUT2D eigenvalue weighted by atomic mass is 10.1. The molecule has 0 aliphatic heterocycles. The van der Waals surface area contributed by atoms with Crippen LogP contribution in [0.15, 0.2) is 30.3 Å². The zero-order valence-electron chi connectivity index (χ0n) is 13.1. The molecule has 120 valence electrons. The molecule has 0 spiro atoms. The first-order chi connectivity index (χ1) is 10.6. The van der Waals surface area contributed by atoms with E-state index < -0.39 is 11.7 Å². The number of benzene rings is 1. The third kappa shape index (κ3) is 8.19. The summed E-state index contributed by atoms with van der Waals surface area (Å²) in [6.07, 6.45) is 5.24. The molecule has 1 aromatic rings. The lowest BCUT2D eigenvalue weighted by molar-refractivity contribution is -0.136. The van der Waals surface area contributed by atoms with Crippen molar-refractivity contribution in [3.8, 4) is 0 Å². The van der Waals surface area contributed by atoms with Crippen LogP contribution in [-0.4, -0.2) is 24.1 Å². The number of hydrogen-bond acceptors (Lipinski definition) is 3. The zero-order chi connectivity index (χ0) is 16.2. The van der Waals surface area contributed by atoms with Crippen LogP contribution < -0.4 is 10.6 Å². The van der Waals surface area contributed by atoms with Crippen LogP contribution in [0.25, 0.3) is 0 Å². The van der Waals surface area contributed by atoms with Gasteiger partial charge in [0.05, 0.1) is 0 Å². The van der Waals surface area contributed by atoms with E-state index in [2.05, 4.69) is 10.6 Å². The van der Waals surface area contributed by atoms with Gasteiger partial charge in [-0.25, -0.2) is 0 Å². The smallest absolute Gasteiger partial charge is 0.287 e. The van der Waals surface area contributed by atoms with Gasteiger partial charge in [-0.05, 0) is 25.0 Å².